The van der Waals surface area contributed by atoms with E-state index in [9.17, 15) is 9.59 Å². The van der Waals surface area contributed by atoms with Crippen LogP contribution in [0, 0.1) is 0 Å². The number of benzene rings is 2. The Morgan fingerprint density at radius 3 is 2.61 bits per heavy atom. The summed E-state index contributed by atoms with van der Waals surface area (Å²) in [5.74, 6) is 0.638. The van der Waals surface area contributed by atoms with Crippen molar-refractivity contribution in [3.8, 4) is 5.75 Å². The fourth-order valence-electron chi connectivity index (χ4n) is 3.23. The first-order valence-corrected chi connectivity index (χ1v) is 9.27. The first kappa shape index (κ1) is 19.5. The van der Waals surface area contributed by atoms with Crippen molar-refractivity contribution < 1.29 is 14.3 Å². The molecule has 1 aromatic heterocycles. The summed E-state index contributed by atoms with van der Waals surface area (Å²) in [6.07, 6.45) is 2.17. The molecule has 0 atom stereocenters. The van der Waals surface area contributed by atoms with Crippen molar-refractivity contribution in [3.63, 3.8) is 0 Å². The van der Waals surface area contributed by atoms with Crippen LogP contribution in [0.15, 0.2) is 54.7 Å². The minimum atomic E-state index is -0.0643. The van der Waals surface area contributed by atoms with Gasteiger partial charge in [0.1, 0.15) is 5.75 Å². The third-order valence-corrected chi connectivity index (χ3v) is 4.73. The number of amides is 2. The Balaban J connectivity index is 1.54. The number of carbonyl (C=O) groups is 2. The highest BCUT2D eigenvalue weighted by Crippen LogP contribution is 2.19. The first-order chi connectivity index (χ1) is 13.6. The fourth-order valence-corrected chi connectivity index (χ4v) is 3.23. The maximum atomic E-state index is 12.3. The van der Waals surface area contributed by atoms with E-state index >= 15 is 0 Å². The van der Waals surface area contributed by atoms with Gasteiger partial charge >= 0.3 is 0 Å². The van der Waals surface area contributed by atoms with Crippen LogP contribution in [0.1, 0.15) is 18.1 Å². The molecule has 0 spiro atoms. The predicted molar refractivity (Wildman–Crippen MR) is 109 cm³/mol. The summed E-state index contributed by atoms with van der Waals surface area (Å²) in [4.78, 5) is 29.2. The van der Waals surface area contributed by atoms with Crippen molar-refractivity contribution in [1.29, 1.82) is 0 Å². The lowest BCUT2D eigenvalue weighted by molar-refractivity contribution is -0.130. The monoisotopic (exact) mass is 379 g/mol. The van der Waals surface area contributed by atoms with Crippen molar-refractivity contribution in [2.24, 2.45) is 0 Å². The van der Waals surface area contributed by atoms with E-state index in [4.69, 9.17) is 4.74 Å². The number of fused-ring (bicyclic) bond motifs is 1. The Bertz CT molecular complexity index is 964. The van der Waals surface area contributed by atoms with Gasteiger partial charge in [-0.2, -0.15) is 0 Å². The standard InChI is InChI=1S/C22H25N3O3/c1-16(26)25(15-17-7-3-6-10-21(17)28-2)12-11-23-22(27)13-18-14-24-20-9-5-4-8-19(18)20/h3-10,14,24H,11-13,15H2,1-2H3,(H,23,27). The number of aromatic nitrogens is 1. The smallest absolute Gasteiger partial charge is 0.224 e. The molecule has 0 aliphatic heterocycles. The lowest BCUT2D eigenvalue weighted by Gasteiger charge is -2.22. The highest BCUT2D eigenvalue weighted by Gasteiger charge is 2.13. The molecule has 2 aromatic carbocycles. The predicted octanol–water partition coefficient (Wildman–Crippen LogP) is 2.88. The van der Waals surface area contributed by atoms with Gasteiger partial charge in [-0.3, -0.25) is 9.59 Å². The van der Waals surface area contributed by atoms with Gasteiger partial charge in [-0.05, 0) is 17.7 Å². The summed E-state index contributed by atoms with van der Waals surface area (Å²) in [7, 11) is 1.61. The molecule has 2 N–H and O–H groups in total. The summed E-state index contributed by atoms with van der Waals surface area (Å²) in [6.45, 7) is 2.81. The van der Waals surface area contributed by atoms with Crippen molar-refractivity contribution in [2.75, 3.05) is 20.2 Å². The molecule has 0 aliphatic carbocycles. The molecule has 0 aliphatic rings. The average molecular weight is 379 g/mol. The minimum Gasteiger partial charge on any atom is -0.496 e. The van der Waals surface area contributed by atoms with Crippen LogP contribution in [0.3, 0.4) is 0 Å². The van der Waals surface area contributed by atoms with E-state index in [0.717, 1.165) is 27.8 Å². The van der Waals surface area contributed by atoms with Gasteiger partial charge in [0.15, 0.2) is 0 Å². The summed E-state index contributed by atoms with van der Waals surface area (Å²) in [5, 5.41) is 3.96. The van der Waals surface area contributed by atoms with Crippen LogP contribution in [0.2, 0.25) is 0 Å². The van der Waals surface area contributed by atoms with Gasteiger partial charge in [-0.15, -0.1) is 0 Å². The van der Waals surface area contributed by atoms with E-state index in [-0.39, 0.29) is 11.8 Å². The van der Waals surface area contributed by atoms with Gasteiger partial charge < -0.3 is 19.9 Å². The second-order valence-corrected chi connectivity index (χ2v) is 6.64. The number of carbonyl (C=O) groups excluding carboxylic acids is 2. The van der Waals surface area contributed by atoms with Crippen molar-refractivity contribution >= 4 is 22.7 Å². The molecule has 0 bridgehead atoms. The van der Waals surface area contributed by atoms with Gasteiger partial charge in [-0.1, -0.05) is 36.4 Å². The zero-order valence-electron chi connectivity index (χ0n) is 16.2. The Labute approximate surface area is 164 Å². The van der Waals surface area contributed by atoms with Crippen LogP contribution < -0.4 is 10.1 Å². The van der Waals surface area contributed by atoms with Crippen molar-refractivity contribution in [1.82, 2.24) is 15.2 Å². The lowest BCUT2D eigenvalue weighted by Crippen LogP contribution is -2.37. The van der Waals surface area contributed by atoms with Crippen LogP contribution in [0.5, 0.6) is 5.75 Å². The molecule has 0 unspecified atom stereocenters. The van der Waals surface area contributed by atoms with Crippen LogP contribution >= 0.6 is 0 Å². The fraction of sp³-hybridized carbons (Fsp3) is 0.273. The van der Waals surface area contributed by atoms with Gasteiger partial charge in [0.25, 0.3) is 0 Å². The molecule has 0 saturated carbocycles. The van der Waals surface area contributed by atoms with E-state index in [0.29, 0.717) is 26.1 Å². The molecule has 0 fully saturated rings. The zero-order valence-corrected chi connectivity index (χ0v) is 16.2. The zero-order chi connectivity index (χ0) is 19.9. The van der Waals surface area contributed by atoms with Crippen LogP contribution in [0.25, 0.3) is 10.9 Å². The highest BCUT2D eigenvalue weighted by atomic mass is 16.5. The quantitative estimate of drug-likeness (QED) is 0.632. The van der Waals surface area contributed by atoms with Gasteiger partial charge in [-0.25, -0.2) is 0 Å². The summed E-state index contributed by atoms with van der Waals surface area (Å²) in [5.41, 5.74) is 2.92. The number of ether oxygens (including phenoxy) is 1. The maximum Gasteiger partial charge on any atom is 0.224 e. The SMILES string of the molecule is COc1ccccc1CN(CCNC(=O)Cc1c[nH]c2ccccc12)C(C)=O. The van der Waals surface area contributed by atoms with Gasteiger partial charge in [0.2, 0.25) is 11.8 Å². The highest BCUT2D eigenvalue weighted by molar-refractivity contribution is 5.88. The Hall–Kier alpha value is -3.28. The molecular weight excluding hydrogens is 354 g/mol. The minimum absolute atomic E-state index is 0.0446. The second-order valence-electron chi connectivity index (χ2n) is 6.64. The molecule has 6 nitrogen and oxygen atoms in total. The number of hydrogen-bond donors (Lipinski definition) is 2. The lowest BCUT2D eigenvalue weighted by atomic mass is 10.1. The van der Waals surface area contributed by atoms with Gasteiger partial charge in [0.05, 0.1) is 13.5 Å². The van der Waals surface area contributed by atoms with E-state index in [2.05, 4.69) is 10.3 Å². The van der Waals surface area contributed by atoms with Crippen molar-refractivity contribution in [3.05, 3.63) is 65.9 Å². The van der Waals surface area contributed by atoms with Crippen LogP contribution in [-0.4, -0.2) is 41.9 Å². The number of aromatic amines is 1. The third kappa shape index (κ3) is 4.71. The van der Waals surface area contributed by atoms with E-state index < -0.39 is 0 Å². The van der Waals surface area contributed by atoms with E-state index in [1.165, 1.54) is 6.92 Å². The van der Waals surface area contributed by atoms with Crippen LogP contribution in [-0.2, 0) is 22.6 Å². The Morgan fingerprint density at radius 1 is 1.07 bits per heavy atom. The molecule has 0 radical (unpaired) electrons. The number of H-pyrrole nitrogens is 1. The number of nitrogens with one attached hydrogen (secondary N) is 2. The van der Waals surface area contributed by atoms with Crippen LogP contribution in [0.4, 0.5) is 0 Å². The summed E-state index contributed by atoms with van der Waals surface area (Å²) < 4.78 is 5.35. The summed E-state index contributed by atoms with van der Waals surface area (Å²) >= 11 is 0. The third-order valence-electron chi connectivity index (χ3n) is 4.73. The number of rotatable bonds is 8. The van der Waals surface area contributed by atoms with Crippen molar-refractivity contribution in [2.45, 2.75) is 19.9 Å². The molecule has 2 amide bonds. The largest absolute Gasteiger partial charge is 0.496 e. The number of para-hydroxylation sites is 2. The normalized spacial score (nSPS) is 10.6. The van der Waals surface area contributed by atoms with E-state index in [1.54, 1.807) is 12.0 Å². The molecule has 6 heteroatoms. The van der Waals surface area contributed by atoms with E-state index in [1.807, 2.05) is 54.7 Å². The first-order valence-electron chi connectivity index (χ1n) is 9.27. The number of hydrogen-bond acceptors (Lipinski definition) is 3. The number of nitrogens with zero attached hydrogens (tertiary/aromatic N) is 1. The molecule has 146 valence electrons. The topological polar surface area (TPSA) is 74.4 Å². The molecular formula is C22H25N3O3. The molecule has 1 heterocycles. The Morgan fingerprint density at radius 2 is 1.82 bits per heavy atom. The van der Waals surface area contributed by atoms with Gasteiger partial charge in [0, 0.05) is 49.2 Å². The Kier molecular flexibility index (Phi) is 6.32. The molecule has 0 saturated heterocycles. The maximum absolute atomic E-state index is 12.3. The average Bonchev–Trinajstić information content (AvgIpc) is 3.10. The summed E-state index contributed by atoms with van der Waals surface area (Å²) in [6, 6.07) is 15.5. The number of methoxy groups -OCH3 is 1. The second kappa shape index (κ2) is 9.08. The molecule has 28 heavy (non-hydrogen) atoms. The molecule has 3 aromatic rings. The molecule has 3 rings (SSSR count).